The van der Waals surface area contributed by atoms with Gasteiger partial charge in [0.1, 0.15) is 6.10 Å². The first kappa shape index (κ1) is 24.3. The number of aldehydes is 1. The van der Waals surface area contributed by atoms with Gasteiger partial charge in [-0.25, -0.2) is 0 Å². The van der Waals surface area contributed by atoms with Crippen molar-refractivity contribution in [1.29, 1.82) is 0 Å². The van der Waals surface area contributed by atoms with E-state index in [9.17, 15) is 24.9 Å². The van der Waals surface area contributed by atoms with Gasteiger partial charge >= 0.3 is 5.97 Å². The molecule has 2 bridgehead atoms. The number of aliphatic hydroxyl groups is 3. The van der Waals surface area contributed by atoms with Crippen molar-refractivity contribution in [3.05, 3.63) is 11.1 Å². The Kier molecular flexibility index (Phi) is 6.46. The van der Waals surface area contributed by atoms with Crippen LogP contribution in [0.5, 0.6) is 0 Å². The lowest BCUT2D eigenvalue weighted by molar-refractivity contribution is -0.189. The van der Waals surface area contributed by atoms with Gasteiger partial charge in [-0.15, -0.1) is 0 Å². The van der Waals surface area contributed by atoms with Gasteiger partial charge in [-0.3, -0.25) is 9.59 Å². The van der Waals surface area contributed by atoms with Gasteiger partial charge in [-0.05, 0) is 37.7 Å². The maximum absolute atomic E-state index is 11.8. The monoisotopic (exact) mass is 440 g/mol. The molecule has 3 rings (SSSR count). The van der Waals surface area contributed by atoms with E-state index in [4.69, 9.17) is 14.2 Å². The molecule has 0 aromatic carbocycles. The average Bonchev–Trinajstić information content (AvgIpc) is 3.07. The molecule has 0 amide bonds. The summed E-state index contributed by atoms with van der Waals surface area (Å²) in [6.07, 6.45) is -2.99. The van der Waals surface area contributed by atoms with Crippen LogP contribution in [0.3, 0.4) is 0 Å². The molecule has 2 aliphatic carbocycles. The Morgan fingerprint density at radius 2 is 1.94 bits per heavy atom. The van der Waals surface area contributed by atoms with E-state index in [1.54, 1.807) is 0 Å². The Hall–Kier alpha value is -1.32. The minimum Gasteiger partial charge on any atom is -0.436 e. The molecule has 0 radical (unpaired) electrons. The van der Waals surface area contributed by atoms with Gasteiger partial charge in [-0.2, -0.15) is 0 Å². The molecule has 176 valence electrons. The molecule has 0 aromatic heterocycles. The van der Waals surface area contributed by atoms with E-state index < -0.39 is 53.3 Å². The van der Waals surface area contributed by atoms with E-state index in [1.165, 1.54) is 6.92 Å². The number of rotatable bonds is 5. The van der Waals surface area contributed by atoms with Crippen molar-refractivity contribution in [3.8, 4) is 0 Å². The molecule has 1 aliphatic heterocycles. The fourth-order valence-electron chi connectivity index (χ4n) is 6.01. The van der Waals surface area contributed by atoms with E-state index in [2.05, 4.69) is 0 Å². The van der Waals surface area contributed by atoms with Crippen molar-refractivity contribution < 1.29 is 39.1 Å². The van der Waals surface area contributed by atoms with Crippen LogP contribution in [0, 0.1) is 16.7 Å². The van der Waals surface area contributed by atoms with Crippen LogP contribution in [0.1, 0.15) is 67.2 Å². The quantitative estimate of drug-likeness (QED) is 0.256. The Balaban J connectivity index is 2.10. The average molecular weight is 441 g/mol. The molecule has 8 atom stereocenters. The molecule has 3 aliphatic rings. The molecule has 3 N–H and O–H groups in total. The predicted octanol–water partition coefficient (Wildman–Crippen LogP) is 1.84. The van der Waals surface area contributed by atoms with Crippen LogP contribution in [-0.2, 0) is 23.8 Å². The number of ether oxygens (including phenoxy) is 3. The molecule has 2 fully saturated rings. The van der Waals surface area contributed by atoms with Gasteiger partial charge in [0.25, 0.3) is 0 Å². The van der Waals surface area contributed by atoms with Crippen LogP contribution in [0.2, 0.25) is 0 Å². The van der Waals surface area contributed by atoms with Crippen molar-refractivity contribution in [1.82, 2.24) is 0 Å². The summed E-state index contributed by atoms with van der Waals surface area (Å²) < 4.78 is 16.9. The van der Waals surface area contributed by atoms with Crippen molar-refractivity contribution in [2.45, 2.75) is 104 Å². The molecule has 1 heterocycles. The lowest BCUT2D eigenvalue weighted by Gasteiger charge is -2.57. The summed E-state index contributed by atoms with van der Waals surface area (Å²) in [7, 11) is 0. The first-order valence-corrected chi connectivity index (χ1v) is 11.0. The standard InChI is InChI=1S/C23H36O8/c1-12-7-8-23(28)10-13(2)22(6,15(26)9-16(27)29-14(3)25)20-19(18(12)21(23,4)5)30-17(11-24)31-20/h11,13,15-17,19-20,26-28H,7-10H2,1-6H3. The Labute approximate surface area is 183 Å². The Morgan fingerprint density at radius 1 is 1.29 bits per heavy atom. The third-order valence-electron chi connectivity index (χ3n) is 8.21. The second-order valence-corrected chi connectivity index (χ2v) is 10.3. The maximum atomic E-state index is 11.8. The highest BCUT2D eigenvalue weighted by Gasteiger charge is 2.63. The molecule has 31 heavy (non-hydrogen) atoms. The predicted molar refractivity (Wildman–Crippen MR) is 111 cm³/mol. The fraction of sp³-hybridized carbons (Fsp3) is 0.826. The van der Waals surface area contributed by atoms with Crippen LogP contribution in [0.25, 0.3) is 0 Å². The number of allylic oxidation sites excluding steroid dienone is 1. The van der Waals surface area contributed by atoms with Gasteiger partial charge < -0.3 is 29.5 Å². The number of aliphatic hydroxyl groups excluding tert-OH is 2. The summed E-state index contributed by atoms with van der Waals surface area (Å²) >= 11 is 0. The number of fused-ring (bicyclic) bond motifs is 4. The SMILES string of the molecule is CC(=O)OC(O)CC(O)C1(C)C(C)CC2(O)CCC(C)=C(C3OC(C=O)OC31)C2(C)C. The summed E-state index contributed by atoms with van der Waals surface area (Å²) in [5.41, 5.74) is -0.661. The van der Waals surface area contributed by atoms with Crippen LogP contribution >= 0.6 is 0 Å². The van der Waals surface area contributed by atoms with Gasteiger partial charge in [0.15, 0.2) is 6.29 Å². The highest BCUT2D eigenvalue weighted by Crippen LogP contribution is 2.59. The third kappa shape index (κ3) is 3.86. The zero-order valence-electron chi connectivity index (χ0n) is 19.3. The largest absolute Gasteiger partial charge is 0.436 e. The number of carbonyl (C=O) groups excluding carboxylic acids is 2. The minimum atomic E-state index is -1.48. The number of hydrogen-bond acceptors (Lipinski definition) is 8. The number of esters is 1. The van der Waals surface area contributed by atoms with E-state index in [-0.39, 0.29) is 12.3 Å². The molecule has 8 heteroatoms. The van der Waals surface area contributed by atoms with E-state index in [0.717, 1.165) is 11.1 Å². The minimum absolute atomic E-state index is 0.224. The third-order valence-corrected chi connectivity index (χ3v) is 8.21. The normalized spacial score (nSPS) is 41.6. The molecular formula is C23H36O8. The molecule has 1 saturated heterocycles. The lowest BCUT2D eigenvalue weighted by atomic mass is 9.51. The van der Waals surface area contributed by atoms with Crippen LogP contribution < -0.4 is 0 Å². The molecule has 0 aromatic rings. The van der Waals surface area contributed by atoms with Gasteiger partial charge in [0.2, 0.25) is 12.6 Å². The van der Waals surface area contributed by atoms with E-state index in [0.29, 0.717) is 25.5 Å². The molecular weight excluding hydrogens is 404 g/mol. The van der Waals surface area contributed by atoms with E-state index >= 15 is 0 Å². The smallest absolute Gasteiger partial charge is 0.304 e. The van der Waals surface area contributed by atoms with Gasteiger partial charge in [-0.1, -0.05) is 33.3 Å². The van der Waals surface area contributed by atoms with Crippen molar-refractivity contribution >= 4 is 12.3 Å². The second-order valence-electron chi connectivity index (χ2n) is 10.3. The molecule has 8 nitrogen and oxygen atoms in total. The summed E-state index contributed by atoms with van der Waals surface area (Å²) in [4.78, 5) is 22.8. The van der Waals surface area contributed by atoms with Gasteiger partial charge in [0.05, 0.1) is 17.8 Å². The molecule has 8 unspecified atom stereocenters. The summed E-state index contributed by atoms with van der Waals surface area (Å²) in [6.45, 7) is 10.9. The topological polar surface area (TPSA) is 123 Å². The van der Waals surface area contributed by atoms with E-state index in [1.807, 2.05) is 34.6 Å². The highest BCUT2D eigenvalue weighted by molar-refractivity contribution is 5.66. The van der Waals surface area contributed by atoms with Gasteiger partial charge in [0, 0.05) is 24.2 Å². The van der Waals surface area contributed by atoms with Crippen LogP contribution in [0.4, 0.5) is 0 Å². The molecule has 0 spiro atoms. The van der Waals surface area contributed by atoms with Crippen molar-refractivity contribution in [2.24, 2.45) is 16.7 Å². The lowest BCUT2D eigenvalue weighted by Crippen LogP contribution is -2.62. The first-order chi connectivity index (χ1) is 14.3. The first-order valence-electron chi connectivity index (χ1n) is 11.0. The highest BCUT2D eigenvalue weighted by atomic mass is 16.7. The van der Waals surface area contributed by atoms with Crippen LogP contribution in [-0.4, -0.2) is 64.1 Å². The maximum Gasteiger partial charge on any atom is 0.304 e. The zero-order chi connectivity index (χ0) is 23.4. The number of hydrogen-bond donors (Lipinski definition) is 3. The van der Waals surface area contributed by atoms with Crippen LogP contribution in [0.15, 0.2) is 11.1 Å². The zero-order valence-corrected chi connectivity index (χ0v) is 19.3. The summed E-state index contributed by atoms with van der Waals surface area (Å²) in [5.74, 6) is -0.918. The molecule has 1 saturated carbocycles. The fourth-order valence-corrected chi connectivity index (χ4v) is 6.01. The summed E-state index contributed by atoms with van der Waals surface area (Å²) in [6, 6.07) is 0. The number of carbonyl (C=O) groups is 2. The van der Waals surface area contributed by atoms with Crippen molar-refractivity contribution in [2.75, 3.05) is 0 Å². The second kappa shape index (κ2) is 8.23. The Bertz CT molecular complexity index is 761. The Morgan fingerprint density at radius 3 is 2.52 bits per heavy atom. The van der Waals surface area contributed by atoms with Crippen molar-refractivity contribution in [3.63, 3.8) is 0 Å². The summed E-state index contributed by atoms with van der Waals surface area (Å²) in [5, 5.41) is 33.2.